The van der Waals surface area contributed by atoms with E-state index in [0.717, 1.165) is 19.0 Å². The molecule has 2 rings (SSSR count). The summed E-state index contributed by atoms with van der Waals surface area (Å²) in [6.07, 6.45) is -1.90. The Bertz CT molecular complexity index is 477. The van der Waals surface area contributed by atoms with E-state index in [1.807, 2.05) is 12.3 Å². The lowest BCUT2D eigenvalue weighted by molar-refractivity contribution is -0.192. The number of aliphatic carboxylic acids is 1. The average molecular weight is 320 g/mol. The molecule has 2 unspecified atom stereocenters. The van der Waals surface area contributed by atoms with Gasteiger partial charge in [0.25, 0.3) is 0 Å². The fraction of sp³-hybridized carbons (Fsp3) is 0.571. The molecule has 0 saturated carbocycles. The van der Waals surface area contributed by atoms with Crippen molar-refractivity contribution in [2.75, 3.05) is 20.2 Å². The molecule has 0 aromatic carbocycles. The van der Waals surface area contributed by atoms with E-state index in [0.29, 0.717) is 11.8 Å². The summed E-state index contributed by atoms with van der Waals surface area (Å²) in [4.78, 5) is 13.1. The maximum absolute atomic E-state index is 10.6. The number of nitrogens with one attached hydrogen (secondary N) is 1. The normalized spacial score (nSPS) is 21.5. The molecule has 1 aliphatic heterocycles. The maximum atomic E-state index is 10.6. The van der Waals surface area contributed by atoms with Crippen LogP contribution in [0.4, 0.5) is 13.2 Å². The first-order valence-electron chi connectivity index (χ1n) is 6.74. The Labute approximate surface area is 126 Å². The molecule has 1 saturated heterocycles. The van der Waals surface area contributed by atoms with E-state index in [1.165, 1.54) is 12.0 Å². The minimum Gasteiger partial charge on any atom is -0.481 e. The van der Waals surface area contributed by atoms with Gasteiger partial charge in [0.05, 0.1) is 7.11 Å². The number of rotatable bonds is 2. The van der Waals surface area contributed by atoms with Crippen molar-refractivity contribution < 1.29 is 27.8 Å². The molecule has 0 bridgehead atoms. The summed E-state index contributed by atoms with van der Waals surface area (Å²) in [5.74, 6) is -0.707. The highest BCUT2D eigenvalue weighted by Crippen LogP contribution is 2.26. The second-order valence-electron chi connectivity index (χ2n) is 5.13. The number of nitrogens with zero attached hydrogens (tertiary/aromatic N) is 1. The van der Waals surface area contributed by atoms with E-state index < -0.39 is 12.1 Å². The highest BCUT2D eigenvalue weighted by Gasteiger charge is 2.38. The Hall–Kier alpha value is -1.83. The van der Waals surface area contributed by atoms with Gasteiger partial charge in [0.2, 0.25) is 5.88 Å². The number of carboxylic acids is 1. The van der Waals surface area contributed by atoms with Crippen LogP contribution in [0.1, 0.15) is 24.8 Å². The zero-order valence-corrected chi connectivity index (χ0v) is 12.4. The first kappa shape index (κ1) is 18.2. The lowest BCUT2D eigenvalue weighted by Gasteiger charge is -2.27. The summed E-state index contributed by atoms with van der Waals surface area (Å²) in [6, 6.07) is 4.06. The van der Waals surface area contributed by atoms with E-state index in [-0.39, 0.29) is 0 Å². The lowest BCUT2D eigenvalue weighted by atomic mass is 9.87. The summed E-state index contributed by atoms with van der Waals surface area (Å²) in [6.45, 7) is 4.49. The van der Waals surface area contributed by atoms with Crippen molar-refractivity contribution in [2.24, 2.45) is 5.92 Å². The average Bonchev–Trinajstić information content (AvgIpc) is 2.47. The van der Waals surface area contributed by atoms with Crippen molar-refractivity contribution in [3.63, 3.8) is 0 Å². The fourth-order valence-electron chi connectivity index (χ4n) is 2.16. The quantitative estimate of drug-likeness (QED) is 0.876. The van der Waals surface area contributed by atoms with E-state index in [1.54, 1.807) is 7.11 Å². The predicted molar refractivity (Wildman–Crippen MR) is 73.9 cm³/mol. The zero-order valence-electron chi connectivity index (χ0n) is 12.4. The zero-order chi connectivity index (χ0) is 16.8. The molecule has 2 atom stereocenters. The Kier molecular flexibility index (Phi) is 6.61. The molecule has 2 heterocycles. The van der Waals surface area contributed by atoms with E-state index >= 15 is 0 Å². The standard InChI is InChI=1S/C12H18N2O.C2HF3O2/c1-9-5-11(7-13-6-9)10-3-4-12(15-2)14-8-10;3-2(4,5)1(6)7/h3-4,8-9,11,13H,5-7H2,1-2H3;(H,6,7). The van der Waals surface area contributed by atoms with E-state index in [4.69, 9.17) is 14.6 Å². The summed E-state index contributed by atoms with van der Waals surface area (Å²) in [7, 11) is 1.65. The number of halogens is 3. The largest absolute Gasteiger partial charge is 0.490 e. The minimum atomic E-state index is -5.08. The van der Waals surface area contributed by atoms with Gasteiger partial charge in [-0.25, -0.2) is 9.78 Å². The van der Waals surface area contributed by atoms with Crippen LogP contribution in [0, 0.1) is 5.92 Å². The third-order valence-electron chi connectivity index (χ3n) is 3.25. The van der Waals surface area contributed by atoms with Gasteiger partial charge in [-0.3, -0.25) is 0 Å². The van der Waals surface area contributed by atoms with Crippen molar-refractivity contribution in [3.05, 3.63) is 23.9 Å². The predicted octanol–water partition coefficient (Wildman–Crippen LogP) is 2.44. The molecular formula is C14H19F3N2O3. The highest BCUT2D eigenvalue weighted by molar-refractivity contribution is 5.73. The lowest BCUT2D eigenvalue weighted by Crippen LogP contribution is -2.33. The maximum Gasteiger partial charge on any atom is 0.490 e. The van der Waals surface area contributed by atoms with Crippen molar-refractivity contribution in [1.82, 2.24) is 10.3 Å². The Morgan fingerprint density at radius 2 is 2.05 bits per heavy atom. The van der Waals surface area contributed by atoms with Crippen LogP contribution in [-0.4, -0.2) is 42.4 Å². The van der Waals surface area contributed by atoms with Gasteiger partial charge in [-0.1, -0.05) is 13.0 Å². The smallest absolute Gasteiger partial charge is 0.481 e. The molecule has 0 spiro atoms. The van der Waals surface area contributed by atoms with Crippen LogP contribution in [0.2, 0.25) is 0 Å². The van der Waals surface area contributed by atoms with Crippen molar-refractivity contribution >= 4 is 5.97 Å². The number of hydrogen-bond donors (Lipinski definition) is 2. The first-order valence-corrected chi connectivity index (χ1v) is 6.74. The molecule has 124 valence electrons. The van der Waals surface area contributed by atoms with Crippen molar-refractivity contribution in [1.29, 1.82) is 0 Å². The molecule has 1 aliphatic rings. The monoisotopic (exact) mass is 320 g/mol. The van der Waals surface area contributed by atoms with Crippen LogP contribution >= 0.6 is 0 Å². The number of alkyl halides is 3. The van der Waals surface area contributed by atoms with Gasteiger partial charge in [0.15, 0.2) is 0 Å². The number of aromatic nitrogens is 1. The molecule has 0 aliphatic carbocycles. The number of piperidine rings is 1. The molecule has 22 heavy (non-hydrogen) atoms. The van der Waals surface area contributed by atoms with Crippen LogP contribution in [0.25, 0.3) is 0 Å². The number of pyridine rings is 1. The van der Waals surface area contributed by atoms with Crippen molar-refractivity contribution in [3.8, 4) is 5.88 Å². The van der Waals surface area contributed by atoms with Gasteiger partial charge < -0.3 is 15.2 Å². The Balaban J connectivity index is 0.000000295. The molecular weight excluding hydrogens is 301 g/mol. The van der Waals surface area contributed by atoms with Gasteiger partial charge >= 0.3 is 12.1 Å². The summed E-state index contributed by atoms with van der Waals surface area (Å²) in [5, 5.41) is 10.6. The summed E-state index contributed by atoms with van der Waals surface area (Å²) in [5.41, 5.74) is 1.31. The van der Waals surface area contributed by atoms with E-state index in [9.17, 15) is 13.2 Å². The molecule has 1 aromatic rings. The van der Waals surface area contributed by atoms with Crippen LogP contribution in [-0.2, 0) is 4.79 Å². The molecule has 0 radical (unpaired) electrons. The van der Waals surface area contributed by atoms with Gasteiger partial charge in [-0.2, -0.15) is 13.2 Å². The molecule has 1 fully saturated rings. The fourth-order valence-corrected chi connectivity index (χ4v) is 2.16. The van der Waals surface area contributed by atoms with Crippen LogP contribution in [0.5, 0.6) is 5.88 Å². The van der Waals surface area contributed by atoms with Gasteiger partial charge in [-0.05, 0) is 30.4 Å². The second kappa shape index (κ2) is 7.98. The molecule has 1 aromatic heterocycles. The number of methoxy groups -OCH3 is 1. The van der Waals surface area contributed by atoms with Gasteiger partial charge in [-0.15, -0.1) is 0 Å². The number of carbonyl (C=O) groups is 1. The number of hydrogen-bond acceptors (Lipinski definition) is 4. The minimum absolute atomic E-state index is 0.604. The molecule has 0 amide bonds. The third-order valence-corrected chi connectivity index (χ3v) is 3.25. The topological polar surface area (TPSA) is 71.5 Å². The van der Waals surface area contributed by atoms with Crippen LogP contribution < -0.4 is 10.1 Å². The number of ether oxygens (including phenoxy) is 1. The molecule has 2 N–H and O–H groups in total. The second-order valence-corrected chi connectivity index (χ2v) is 5.13. The Morgan fingerprint density at radius 3 is 2.45 bits per heavy atom. The SMILES string of the molecule is COc1ccc(C2CNCC(C)C2)cn1.O=C(O)C(F)(F)F. The van der Waals surface area contributed by atoms with Gasteiger partial charge in [0, 0.05) is 18.8 Å². The molecule has 5 nitrogen and oxygen atoms in total. The van der Waals surface area contributed by atoms with Crippen LogP contribution in [0.15, 0.2) is 18.3 Å². The van der Waals surface area contributed by atoms with Crippen LogP contribution in [0.3, 0.4) is 0 Å². The third kappa shape index (κ3) is 5.88. The molecule has 8 heteroatoms. The summed E-state index contributed by atoms with van der Waals surface area (Å²) < 4.78 is 36.8. The highest BCUT2D eigenvalue weighted by atomic mass is 19.4. The van der Waals surface area contributed by atoms with Crippen molar-refractivity contribution in [2.45, 2.75) is 25.4 Å². The van der Waals surface area contributed by atoms with E-state index in [2.05, 4.69) is 23.3 Å². The first-order chi connectivity index (χ1) is 10.2. The summed E-state index contributed by atoms with van der Waals surface area (Å²) >= 11 is 0. The Morgan fingerprint density at radius 1 is 1.41 bits per heavy atom. The van der Waals surface area contributed by atoms with Gasteiger partial charge in [0.1, 0.15) is 0 Å². The number of carboxylic acid groups (broad SMARTS) is 1.